The molecule has 4 heteroatoms. The summed E-state index contributed by atoms with van der Waals surface area (Å²) < 4.78 is 1.12. The van der Waals surface area contributed by atoms with Gasteiger partial charge in [-0.15, -0.1) is 0 Å². The maximum absolute atomic E-state index is 6.19. The van der Waals surface area contributed by atoms with Crippen molar-refractivity contribution in [1.29, 1.82) is 0 Å². The van der Waals surface area contributed by atoms with Gasteiger partial charge >= 0.3 is 0 Å². The van der Waals surface area contributed by atoms with Crippen LogP contribution >= 0.6 is 15.9 Å². The average molecular weight is 352 g/mol. The van der Waals surface area contributed by atoms with Crippen LogP contribution in [0.1, 0.15) is 37.8 Å². The van der Waals surface area contributed by atoms with E-state index >= 15 is 0 Å². The molecule has 0 bridgehead atoms. The molecule has 3 atom stereocenters. The molecule has 0 saturated carbocycles. The van der Waals surface area contributed by atoms with Crippen molar-refractivity contribution in [3.05, 3.63) is 28.2 Å². The third-order valence-electron chi connectivity index (χ3n) is 5.17. The molecule has 0 spiro atoms. The molecule has 0 radical (unpaired) electrons. The second-order valence-corrected chi connectivity index (χ2v) is 7.59. The molecular formula is C17H26BrN3. The Balaban J connectivity index is 1.82. The van der Waals surface area contributed by atoms with Crippen molar-refractivity contribution in [2.45, 2.75) is 38.3 Å². The Bertz CT molecular complexity index is 503. The monoisotopic (exact) mass is 351 g/mol. The maximum Gasteiger partial charge on any atom is 0.0415 e. The molecule has 21 heavy (non-hydrogen) atoms. The first-order valence-corrected chi connectivity index (χ1v) is 8.86. The number of benzene rings is 1. The second-order valence-electron chi connectivity index (χ2n) is 6.68. The Morgan fingerprint density at radius 1 is 1.29 bits per heavy atom. The van der Waals surface area contributed by atoms with Gasteiger partial charge in [0.15, 0.2) is 0 Å². The lowest BCUT2D eigenvalue weighted by atomic mass is 9.83. The smallest absolute Gasteiger partial charge is 0.0415 e. The van der Waals surface area contributed by atoms with E-state index in [1.165, 1.54) is 43.6 Å². The quantitative estimate of drug-likeness (QED) is 0.886. The minimum atomic E-state index is 0.0734. The third-order valence-corrected chi connectivity index (χ3v) is 5.66. The van der Waals surface area contributed by atoms with Crippen LogP contribution in [0.2, 0.25) is 0 Å². The Morgan fingerprint density at radius 2 is 2.10 bits per heavy atom. The summed E-state index contributed by atoms with van der Waals surface area (Å²) in [5, 5.41) is 0. The molecule has 0 aliphatic carbocycles. The van der Waals surface area contributed by atoms with E-state index in [-0.39, 0.29) is 6.04 Å². The van der Waals surface area contributed by atoms with E-state index in [0.717, 1.165) is 23.0 Å². The van der Waals surface area contributed by atoms with Crippen molar-refractivity contribution in [3.63, 3.8) is 0 Å². The number of fused-ring (bicyclic) bond motifs is 1. The highest BCUT2D eigenvalue weighted by molar-refractivity contribution is 9.10. The summed E-state index contributed by atoms with van der Waals surface area (Å²) in [6.45, 7) is 5.67. The van der Waals surface area contributed by atoms with Gasteiger partial charge in [0.2, 0.25) is 0 Å². The van der Waals surface area contributed by atoms with Crippen molar-refractivity contribution < 1.29 is 0 Å². The lowest BCUT2D eigenvalue weighted by Gasteiger charge is -2.47. The van der Waals surface area contributed by atoms with Gasteiger partial charge in [0.05, 0.1) is 0 Å². The summed E-state index contributed by atoms with van der Waals surface area (Å²) in [7, 11) is 2.29. The molecular weight excluding hydrogens is 326 g/mol. The van der Waals surface area contributed by atoms with E-state index < -0.39 is 0 Å². The minimum absolute atomic E-state index is 0.0734. The first kappa shape index (κ1) is 15.3. The van der Waals surface area contributed by atoms with Crippen molar-refractivity contribution in [3.8, 4) is 0 Å². The van der Waals surface area contributed by atoms with E-state index in [4.69, 9.17) is 5.73 Å². The molecule has 2 fully saturated rings. The topological polar surface area (TPSA) is 32.5 Å². The van der Waals surface area contributed by atoms with Crippen LogP contribution in [0.15, 0.2) is 22.7 Å². The zero-order valence-corrected chi connectivity index (χ0v) is 14.6. The van der Waals surface area contributed by atoms with Crippen LogP contribution in [-0.2, 0) is 0 Å². The molecule has 0 aromatic heterocycles. The fourth-order valence-corrected chi connectivity index (χ4v) is 4.43. The first-order valence-electron chi connectivity index (χ1n) is 8.06. The number of likely N-dealkylation sites (tertiary alicyclic amines) is 1. The molecule has 2 heterocycles. The second kappa shape index (κ2) is 6.27. The summed E-state index contributed by atoms with van der Waals surface area (Å²) in [4.78, 5) is 5.13. The highest BCUT2D eigenvalue weighted by Gasteiger charge is 2.34. The van der Waals surface area contributed by atoms with Gasteiger partial charge in [-0.2, -0.15) is 0 Å². The van der Waals surface area contributed by atoms with Gasteiger partial charge in [0, 0.05) is 35.3 Å². The highest BCUT2D eigenvalue weighted by atomic mass is 79.9. The number of piperidine rings is 2. The van der Waals surface area contributed by atoms with Gasteiger partial charge < -0.3 is 15.5 Å². The Labute approximate surface area is 136 Å². The van der Waals surface area contributed by atoms with Gasteiger partial charge in [-0.3, -0.25) is 0 Å². The zero-order chi connectivity index (χ0) is 15.0. The summed E-state index contributed by atoms with van der Waals surface area (Å²) in [5.74, 6) is 0.807. The van der Waals surface area contributed by atoms with Crippen LogP contribution in [0.3, 0.4) is 0 Å². The molecule has 2 aliphatic heterocycles. The Kier molecular flexibility index (Phi) is 4.57. The Morgan fingerprint density at radius 3 is 2.86 bits per heavy atom. The molecule has 2 saturated heterocycles. The summed E-state index contributed by atoms with van der Waals surface area (Å²) in [5.41, 5.74) is 8.78. The molecule has 2 N–H and O–H groups in total. The summed E-state index contributed by atoms with van der Waals surface area (Å²) in [6.07, 6.45) is 3.98. The zero-order valence-electron chi connectivity index (χ0n) is 13.1. The van der Waals surface area contributed by atoms with Gasteiger partial charge in [0.25, 0.3) is 0 Å². The largest absolute Gasteiger partial charge is 0.371 e. The number of hydrogen-bond acceptors (Lipinski definition) is 3. The normalized spacial score (nSPS) is 28.3. The number of nitrogens with two attached hydrogens (primary N) is 1. The predicted octanol–water partition coefficient (Wildman–Crippen LogP) is 3.39. The van der Waals surface area contributed by atoms with Crippen LogP contribution in [0.4, 0.5) is 5.69 Å². The molecule has 3 rings (SSSR count). The number of halogens is 1. The Hall–Kier alpha value is -0.580. The molecule has 1 aromatic rings. The van der Waals surface area contributed by atoms with Gasteiger partial charge in [-0.1, -0.05) is 15.9 Å². The molecule has 116 valence electrons. The van der Waals surface area contributed by atoms with Gasteiger partial charge in [0.1, 0.15) is 0 Å². The van der Waals surface area contributed by atoms with Crippen molar-refractivity contribution in [2.75, 3.05) is 31.6 Å². The number of hydrogen-bond donors (Lipinski definition) is 1. The molecule has 0 amide bonds. The van der Waals surface area contributed by atoms with Crippen LogP contribution < -0.4 is 10.6 Å². The summed E-state index contributed by atoms with van der Waals surface area (Å²) >= 11 is 3.57. The van der Waals surface area contributed by atoms with E-state index in [1.807, 2.05) is 0 Å². The van der Waals surface area contributed by atoms with Crippen molar-refractivity contribution >= 4 is 21.6 Å². The van der Waals surface area contributed by atoms with E-state index in [9.17, 15) is 0 Å². The van der Waals surface area contributed by atoms with Gasteiger partial charge in [-0.25, -0.2) is 0 Å². The van der Waals surface area contributed by atoms with Crippen molar-refractivity contribution in [2.24, 2.45) is 11.7 Å². The number of nitrogens with zero attached hydrogens (tertiary/aromatic N) is 2. The molecule has 3 nitrogen and oxygen atoms in total. The average Bonchev–Trinajstić information content (AvgIpc) is 2.47. The number of rotatable bonds is 2. The van der Waals surface area contributed by atoms with Crippen LogP contribution in [0, 0.1) is 5.92 Å². The predicted molar refractivity (Wildman–Crippen MR) is 92.7 cm³/mol. The standard InChI is InChI=1S/C17H26BrN3/c1-12(19)15-10-14(18)5-6-17(15)21-9-7-16-13(11-21)4-3-8-20(16)2/h5-6,10,12-13,16H,3-4,7-9,11,19H2,1-2H3. The highest BCUT2D eigenvalue weighted by Crippen LogP contribution is 2.35. The first-order chi connectivity index (χ1) is 10.1. The fourth-order valence-electron chi connectivity index (χ4n) is 4.05. The molecule has 3 unspecified atom stereocenters. The van der Waals surface area contributed by atoms with E-state index in [0.29, 0.717) is 0 Å². The minimum Gasteiger partial charge on any atom is -0.371 e. The van der Waals surface area contributed by atoms with Crippen LogP contribution in [0.5, 0.6) is 0 Å². The molecule has 1 aromatic carbocycles. The summed E-state index contributed by atoms with van der Waals surface area (Å²) in [6, 6.07) is 7.41. The van der Waals surface area contributed by atoms with Crippen LogP contribution in [0.25, 0.3) is 0 Å². The number of anilines is 1. The lowest BCUT2D eigenvalue weighted by Crippen LogP contribution is -2.53. The maximum atomic E-state index is 6.19. The van der Waals surface area contributed by atoms with E-state index in [1.54, 1.807) is 0 Å². The van der Waals surface area contributed by atoms with Crippen LogP contribution in [-0.4, -0.2) is 37.6 Å². The van der Waals surface area contributed by atoms with Crippen molar-refractivity contribution in [1.82, 2.24) is 4.90 Å². The van der Waals surface area contributed by atoms with Gasteiger partial charge in [-0.05, 0) is 69.5 Å². The third kappa shape index (κ3) is 3.13. The molecule has 2 aliphatic rings. The fraction of sp³-hybridized carbons (Fsp3) is 0.647. The lowest BCUT2D eigenvalue weighted by molar-refractivity contribution is 0.102. The van der Waals surface area contributed by atoms with E-state index in [2.05, 4.69) is 57.9 Å². The SMILES string of the molecule is CC(N)c1cc(Br)ccc1N1CCC2C(CCCN2C)C1.